The minimum Gasteiger partial charge on any atom is -0.497 e. The Labute approximate surface area is 324 Å². The van der Waals surface area contributed by atoms with Gasteiger partial charge >= 0.3 is 5.69 Å². The number of hydrogen-bond donors (Lipinski definition) is 1. The van der Waals surface area contributed by atoms with Gasteiger partial charge in [0.05, 0.1) is 46.0 Å². The maximum atomic E-state index is 13.4. The molecule has 13 nitrogen and oxygen atoms in total. The molecule has 1 N–H and O–H groups in total. The number of rotatable bonds is 18. The van der Waals surface area contributed by atoms with Crippen LogP contribution in [0.15, 0.2) is 95.9 Å². The summed E-state index contributed by atoms with van der Waals surface area (Å²) in [6.07, 6.45) is -0.0653. The first-order valence-electron chi connectivity index (χ1n) is 18.3. The van der Waals surface area contributed by atoms with E-state index in [9.17, 15) is 14.9 Å². The number of nitriles is 1. The van der Waals surface area contributed by atoms with Gasteiger partial charge in [0.25, 0.3) is 8.53 Å². The van der Waals surface area contributed by atoms with Gasteiger partial charge in [-0.05, 0) is 74.7 Å². The molecule has 1 aliphatic heterocycles. The van der Waals surface area contributed by atoms with Crippen molar-refractivity contribution < 1.29 is 32.8 Å². The Hall–Kier alpha value is -4.67. The summed E-state index contributed by atoms with van der Waals surface area (Å²) in [7, 11) is 1.57. The van der Waals surface area contributed by atoms with Crippen LogP contribution in [0.3, 0.4) is 0 Å². The summed E-state index contributed by atoms with van der Waals surface area (Å²) in [4.78, 5) is 29.1. The third-order valence-corrected chi connectivity index (χ3v) is 11.3. The highest BCUT2D eigenvalue weighted by molar-refractivity contribution is 7.44. The van der Waals surface area contributed by atoms with Gasteiger partial charge in [-0.1, -0.05) is 54.6 Å². The van der Waals surface area contributed by atoms with Gasteiger partial charge in [-0.3, -0.25) is 9.36 Å². The maximum absolute atomic E-state index is 13.4. The Morgan fingerprint density at radius 3 is 2.05 bits per heavy atom. The van der Waals surface area contributed by atoms with Crippen molar-refractivity contribution in [3.63, 3.8) is 0 Å². The highest BCUT2D eigenvalue weighted by Gasteiger charge is 2.45. The molecule has 0 spiro atoms. The summed E-state index contributed by atoms with van der Waals surface area (Å²) < 4.78 is 41.7. The molecule has 4 atom stereocenters. The Morgan fingerprint density at radius 2 is 1.55 bits per heavy atom. The zero-order valence-corrected chi connectivity index (χ0v) is 33.3. The summed E-state index contributed by atoms with van der Waals surface area (Å²) in [5, 5.41) is 11.9. The monoisotopic (exact) mass is 771 g/mol. The molecule has 0 radical (unpaired) electrons. The highest BCUT2D eigenvalue weighted by atomic mass is 31.2. The van der Waals surface area contributed by atoms with Gasteiger partial charge in [0, 0.05) is 31.6 Å². The Kier molecular flexibility index (Phi) is 14.5. The summed E-state index contributed by atoms with van der Waals surface area (Å²) >= 11 is 0. The van der Waals surface area contributed by atoms with Crippen LogP contribution in [-0.4, -0.2) is 71.9 Å². The average molecular weight is 772 g/mol. The topological polar surface area (TPSA) is 146 Å². The number of aromatic nitrogens is 2. The molecule has 0 bridgehead atoms. The SMILES string of the molecule is COc1ccc(C(OCC2OC(n3ccc(NC(C)=O)nc3=O)C[C@H]2OP(OCCC#N)N(C(C)C)C(C)C)(c2ccccc2)c2ccc(OC)cc2)cc1. The van der Waals surface area contributed by atoms with Crippen molar-refractivity contribution in [3.05, 3.63) is 118 Å². The average Bonchev–Trinajstić information content (AvgIpc) is 3.57. The number of hydrogen-bond acceptors (Lipinski definition) is 11. The first kappa shape index (κ1) is 41.5. The highest BCUT2D eigenvalue weighted by Crippen LogP contribution is 2.50. The minimum absolute atomic E-state index is 0.0327. The van der Waals surface area contributed by atoms with E-state index < -0.39 is 38.3 Å². The number of methoxy groups -OCH3 is 2. The summed E-state index contributed by atoms with van der Waals surface area (Å²) in [6.45, 7) is 9.85. The lowest BCUT2D eigenvalue weighted by Crippen LogP contribution is -2.39. The standard InChI is InChI=1S/C41H50N5O8P/c1-28(2)46(29(3)4)55(52-25-11-23-42)54-36-26-39(45-24-22-38(43-30(5)47)44-40(45)48)53-37(36)27-51-41(31-12-9-8-10-13-31,32-14-18-34(49-6)19-15-32)33-16-20-35(50-7)21-17-33/h8-10,12-22,24,28-29,36-37,39H,11,25-27H2,1-7H3,(H,43,44,47,48)/t36-,37?,39?,55?/m1/s1. The van der Waals surface area contributed by atoms with Crippen LogP contribution in [0.25, 0.3) is 0 Å². The number of nitrogens with zero attached hydrogens (tertiary/aromatic N) is 4. The molecule has 2 heterocycles. The molecule has 0 aliphatic carbocycles. The Bertz CT molecular complexity index is 1880. The van der Waals surface area contributed by atoms with E-state index >= 15 is 0 Å². The Morgan fingerprint density at radius 1 is 0.964 bits per heavy atom. The number of benzene rings is 3. The lowest BCUT2D eigenvalue weighted by molar-refractivity contribution is -0.114. The van der Waals surface area contributed by atoms with E-state index in [1.807, 2.05) is 78.9 Å². The third-order valence-electron chi connectivity index (χ3n) is 9.15. The van der Waals surface area contributed by atoms with Crippen molar-refractivity contribution >= 4 is 20.3 Å². The van der Waals surface area contributed by atoms with Crippen LogP contribution in [0.4, 0.5) is 5.82 Å². The molecule has 1 saturated heterocycles. The van der Waals surface area contributed by atoms with E-state index in [4.69, 9.17) is 28.0 Å². The molecule has 0 saturated carbocycles. The van der Waals surface area contributed by atoms with Gasteiger partial charge in [-0.15, -0.1) is 0 Å². The fourth-order valence-corrected chi connectivity index (χ4v) is 8.46. The molecule has 1 fully saturated rings. The molecule has 1 aromatic heterocycles. The lowest BCUT2D eigenvalue weighted by atomic mass is 9.80. The van der Waals surface area contributed by atoms with Crippen molar-refractivity contribution in [3.8, 4) is 17.6 Å². The van der Waals surface area contributed by atoms with Crippen LogP contribution in [0.1, 0.15) is 70.4 Å². The molecule has 4 aromatic rings. The van der Waals surface area contributed by atoms with Crippen molar-refractivity contribution in [1.82, 2.24) is 14.2 Å². The minimum atomic E-state index is -1.68. The van der Waals surface area contributed by atoms with Crippen LogP contribution in [0, 0.1) is 11.3 Å². The van der Waals surface area contributed by atoms with Crippen LogP contribution in [-0.2, 0) is 28.9 Å². The number of carbonyl (C=O) groups is 1. The summed E-state index contributed by atoms with van der Waals surface area (Å²) in [5.41, 5.74) is 0.835. The molecule has 1 aliphatic rings. The van der Waals surface area contributed by atoms with Crippen LogP contribution >= 0.6 is 8.53 Å². The second-order valence-corrected chi connectivity index (χ2v) is 15.0. The normalized spacial score (nSPS) is 17.7. The molecule has 3 unspecified atom stereocenters. The third kappa shape index (κ3) is 9.96. The molecule has 14 heteroatoms. The molecular weight excluding hydrogens is 721 g/mol. The molecule has 3 aromatic carbocycles. The van der Waals surface area contributed by atoms with E-state index in [2.05, 4.69) is 48.7 Å². The summed E-state index contributed by atoms with van der Waals surface area (Å²) in [5.74, 6) is 1.20. The van der Waals surface area contributed by atoms with E-state index in [-0.39, 0.29) is 49.9 Å². The van der Waals surface area contributed by atoms with Gasteiger partial charge in [-0.25, -0.2) is 9.46 Å². The molecule has 55 heavy (non-hydrogen) atoms. The second kappa shape index (κ2) is 19.3. The molecular formula is C41H50N5O8P. The fraction of sp³-hybridized carbons (Fsp3) is 0.415. The maximum Gasteiger partial charge on any atom is 0.351 e. The first-order chi connectivity index (χ1) is 26.5. The van der Waals surface area contributed by atoms with Crippen LogP contribution in [0.2, 0.25) is 0 Å². The quantitative estimate of drug-likeness (QED) is 0.0624. The van der Waals surface area contributed by atoms with Crippen molar-refractivity contribution in [2.24, 2.45) is 0 Å². The van der Waals surface area contributed by atoms with E-state index in [0.29, 0.717) is 11.5 Å². The predicted molar refractivity (Wildman–Crippen MR) is 210 cm³/mol. The number of amides is 1. The van der Waals surface area contributed by atoms with Gasteiger partial charge in [0.15, 0.2) is 0 Å². The van der Waals surface area contributed by atoms with Crippen LogP contribution < -0.4 is 20.5 Å². The molecule has 1 amide bonds. The van der Waals surface area contributed by atoms with Crippen molar-refractivity contribution in [1.29, 1.82) is 5.26 Å². The van der Waals surface area contributed by atoms with Gasteiger partial charge in [-0.2, -0.15) is 10.2 Å². The summed E-state index contributed by atoms with van der Waals surface area (Å²) in [6, 6.07) is 29.3. The molecule has 5 rings (SSSR count). The van der Waals surface area contributed by atoms with E-state index in [0.717, 1.165) is 16.7 Å². The zero-order valence-electron chi connectivity index (χ0n) is 32.4. The smallest absolute Gasteiger partial charge is 0.351 e. The second-order valence-electron chi connectivity index (χ2n) is 13.6. The Balaban J connectivity index is 1.59. The molecule has 292 valence electrons. The number of ether oxygens (including phenoxy) is 4. The number of nitrogens with one attached hydrogen (secondary N) is 1. The predicted octanol–water partition coefficient (Wildman–Crippen LogP) is 7.18. The lowest BCUT2D eigenvalue weighted by Gasteiger charge is -2.39. The van der Waals surface area contributed by atoms with E-state index in [1.165, 1.54) is 11.5 Å². The van der Waals surface area contributed by atoms with Crippen LogP contribution in [0.5, 0.6) is 11.5 Å². The number of carbonyl (C=O) groups excluding carboxylic acids is 1. The van der Waals surface area contributed by atoms with Gasteiger partial charge < -0.3 is 33.3 Å². The first-order valence-corrected chi connectivity index (χ1v) is 19.4. The zero-order chi connectivity index (χ0) is 39.5. The van der Waals surface area contributed by atoms with Crippen molar-refractivity contribution in [2.45, 2.75) is 83.6 Å². The largest absolute Gasteiger partial charge is 0.497 e. The number of anilines is 1. The van der Waals surface area contributed by atoms with Crippen molar-refractivity contribution in [2.75, 3.05) is 32.8 Å². The fourth-order valence-electron chi connectivity index (χ4n) is 6.71. The van der Waals surface area contributed by atoms with E-state index in [1.54, 1.807) is 26.5 Å². The van der Waals surface area contributed by atoms with Gasteiger partial charge in [0.1, 0.15) is 35.2 Å². The van der Waals surface area contributed by atoms with Gasteiger partial charge in [0.2, 0.25) is 5.91 Å².